The summed E-state index contributed by atoms with van der Waals surface area (Å²) in [5, 5.41) is 8.70. The van der Waals surface area contributed by atoms with Gasteiger partial charge in [0.1, 0.15) is 6.54 Å². The normalized spacial score (nSPS) is 10.5. The number of hydrogen-bond donors (Lipinski definition) is 1. The molecule has 0 spiro atoms. The van der Waals surface area contributed by atoms with Gasteiger partial charge in [0, 0.05) is 31.8 Å². The number of aryl methyl sites for hydroxylation is 1. The van der Waals surface area contributed by atoms with Crippen LogP contribution >= 0.6 is 0 Å². The van der Waals surface area contributed by atoms with Crippen LogP contribution in [0.4, 0.5) is 0 Å². The Bertz CT molecular complexity index is 486. The van der Waals surface area contributed by atoms with E-state index in [-0.39, 0.29) is 6.54 Å². The molecule has 0 amide bonds. The molecule has 0 bridgehead atoms. The van der Waals surface area contributed by atoms with Gasteiger partial charge in [0.25, 0.3) is 0 Å². The van der Waals surface area contributed by atoms with Crippen molar-refractivity contribution in [3.63, 3.8) is 0 Å². The van der Waals surface area contributed by atoms with Gasteiger partial charge in [-0.1, -0.05) is 0 Å². The molecular weight excluding hydrogens is 196 g/mol. The van der Waals surface area contributed by atoms with Crippen LogP contribution in [0.2, 0.25) is 0 Å². The number of aromatic nitrogens is 4. The molecule has 2 rings (SSSR count). The molecule has 2 aromatic rings. The molecule has 0 fully saturated rings. The second-order valence-electron chi connectivity index (χ2n) is 3.13. The third-order valence-corrected chi connectivity index (χ3v) is 2.04. The summed E-state index contributed by atoms with van der Waals surface area (Å²) in [4.78, 5) is 18.8. The van der Waals surface area contributed by atoms with E-state index in [1.807, 2.05) is 7.05 Å². The van der Waals surface area contributed by atoms with Crippen molar-refractivity contribution < 1.29 is 9.90 Å². The average molecular weight is 206 g/mol. The minimum absolute atomic E-state index is 0.109. The summed E-state index contributed by atoms with van der Waals surface area (Å²) in [7, 11) is 1.84. The van der Waals surface area contributed by atoms with E-state index in [4.69, 9.17) is 5.11 Å². The first-order valence-corrected chi connectivity index (χ1v) is 4.39. The van der Waals surface area contributed by atoms with Crippen LogP contribution in [-0.2, 0) is 18.4 Å². The van der Waals surface area contributed by atoms with Gasteiger partial charge in [0.05, 0.1) is 0 Å². The van der Waals surface area contributed by atoms with Gasteiger partial charge in [-0.05, 0) is 0 Å². The average Bonchev–Trinajstić information content (AvgIpc) is 2.73. The fraction of sp³-hybridized carbons (Fsp3) is 0.222. The van der Waals surface area contributed by atoms with E-state index in [1.54, 1.807) is 33.9 Å². The van der Waals surface area contributed by atoms with E-state index in [0.717, 1.165) is 0 Å². The summed E-state index contributed by atoms with van der Waals surface area (Å²) in [6.07, 6.45) is 6.62. The molecule has 0 unspecified atom stereocenters. The fourth-order valence-corrected chi connectivity index (χ4v) is 1.37. The summed E-state index contributed by atoms with van der Waals surface area (Å²) in [6.45, 7) is -0.109. The van der Waals surface area contributed by atoms with Gasteiger partial charge < -0.3 is 14.2 Å². The topological polar surface area (TPSA) is 72.9 Å². The van der Waals surface area contributed by atoms with Gasteiger partial charge in [-0.2, -0.15) is 0 Å². The fourth-order valence-electron chi connectivity index (χ4n) is 1.37. The largest absolute Gasteiger partial charge is 0.480 e. The number of imidazole rings is 2. The van der Waals surface area contributed by atoms with Crippen molar-refractivity contribution in [3.05, 3.63) is 24.8 Å². The summed E-state index contributed by atoms with van der Waals surface area (Å²) >= 11 is 0. The Kier molecular flexibility index (Phi) is 2.24. The standard InChI is InChI=1S/C9H10N4O2/c1-12-4-2-10-8(12)9-11-3-5-13(9)6-7(14)15/h2-5H,6H2,1H3,(H,14,15). The van der Waals surface area contributed by atoms with Crippen LogP contribution in [0, 0.1) is 0 Å². The molecule has 0 saturated carbocycles. The molecule has 0 aliphatic carbocycles. The molecule has 78 valence electrons. The van der Waals surface area contributed by atoms with Gasteiger partial charge in [-0.25, -0.2) is 9.97 Å². The minimum Gasteiger partial charge on any atom is -0.480 e. The van der Waals surface area contributed by atoms with Gasteiger partial charge in [0.15, 0.2) is 11.6 Å². The van der Waals surface area contributed by atoms with Crippen LogP contribution < -0.4 is 0 Å². The molecule has 0 aliphatic rings. The number of rotatable bonds is 3. The van der Waals surface area contributed by atoms with Gasteiger partial charge in [-0.3, -0.25) is 4.79 Å². The lowest BCUT2D eigenvalue weighted by atomic mass is 10.5. The van der Waals surface area contributed by atoms with Crippen LogP contribution in [0.3, 0.4) is 0 Å². The van der Waals surface area contributed by atoms with E-state index in [2.05, 4.69) is 9.97 Å². The van der Waals surface area contributed by atoms with Crippen molar-refractivity contribution in [1.82, 2.24) is 19.1 Å². The monoisotopic (exact) mass is 206 g/mol. The molecule has 2 heterocycles. The molecule has 0 radical (unpaired) electrons. The zero-order valence-corrected chi connectivity index (χ0v) is 8.16. The van der Waals surface area contributed by atoms with Crippen LogP contribution in [0.25, 0.3) is 11.6 Å². The van der Waals surface area contributed by atoms with Crippen LogP contribution in [0.15, 0.2) is 24.8 Å². The van der Waals surface area contributed by atoms with Crippen molar-refractivity contribution in [3.8, 4) is 11.6 Å². The molecule has 1 N–H and O–H groups in total. The Morgan fingerprint density at radius 2 is 2.00 bits per heavy atom. The van der Waals surface area contributed by atoms with Gasteiger partial charge in [-0.15, -0.1) is 0 Å². The number of aliphatic carboxylic acids is 1. The molecular formula is C9H10N4O2. The van der Waals surface area contributed by atoms with E-state index < -0.39 is 5.97 Å². The molecule has 0 aliphatic heterocycles. The first-order valence-electron chi connectivity index (χ1n) is 4.39. The summed E-state index contributed by atoms with van der Waals surface area (Å²) < 4.78 is 3.34. The molecule has 0 saturated heterocycles. The quantitative estimate of drug-likeness (QED) is 0.787. The van der Waals surface area contributed by atoms with Crippen molar-refractivity contribution in [1.29, 1.82) is 0 Å². The predicted octanol–water partition coefficient (Wildman–Crippen LogP) is 0.368. The first-order chi connectivity index (χ1) is 7.18. The highest BCUT2D eigenvalue weighted by Crippen LogP contribution is 2.13. The van der Waals surface area contributed by atoms with Crippen molar-refractivity contribution >= 4 is 5.97 Å². The summed E-state index contributed by atoms with van der Waals surface area (Å²) in [6, 6.07) is 0. The van der Waals surface area contributed by atoms with E-state index in [9.17, 15) is 4.79 Å². The Balaban J connectivity index is 2.41. The molecule has 6 nitrogen and oxygen atoms in total. The molecule has 0 aromatic carbocycles. The molecule has 2 aromatic heterocycles. The van der Waals surface area contributed by atoms with Crippen LogP contribution in [0.1, 0.15) is 0 Å². The Morgan fingerprint density at radius 3 is 2.60 bits per heavy atom. The highest BCUT2D eigenvalue weighted by molar-refractivity contribution is 5.67. The van der Waals surface area contributed by atoms with E-state index in [1.165, 1.54) is 0 Å². The van der Waals surface area contributed by atoms with Gasteiger partial charge in [0.2, 0.25) is 0 Å². The maximum atomic E-state index is 10.6. The number of nitrogens with zero attached hydrogens (tertiary/aromatic N) is 4. The third kappa shape index (κ3) is 1.74. The van der Waals surface area contributed by atoms with Gasteiger partial charge >= 0.3 is 5.97 Å². The molecule has 0 atom stereocenters. The maximum absolute atomic E-state index is 10.6. The highest BCUT2D eigenvalue weighted by Gasteiger charge is 2.11. The minimum atomic E-state index is -0.900. The number of hydrogen-bond acceptors (Lipinski definition) is 3. The lowest BCUT2D eigenvalue weighted by molar-refractivity contribution is -0.137. The predicted molar refractivity (Wildman–Crippen MR) is 52.1 cm³/mol. The van der Waals surface area contributed by atoms with E-state index in [0.29, 0.717) is 11.6 Å². The Labute approximate surface area is 85.8 Å². The zero-order chi connectivity index (χ0) is 10.8. The lowest BCUT2D eigenvalue weighted by Crippen LogP contribution is -2.10. The lowest BCUT2D eigenvalue weighted by Gasteiger charge is -2.04. The molecule has 6 heteroatoms. The van der Waals surface area contributed by atoms with E-state index >= 15 is 0 Å². The number of carbonyl (C=O) groups is 1. The maximum Gasteiger partial charge on any atom is 0.323 e. The van der Waals surface area contributed by atoms with Crippen LogP contribution in [-0.4, -0.2) is 30.2 Å². The number of carboxylic acid groups (broad SMARTS) is 1. The van der Waals surface area contributed by atoms with Crippen molar-refractivity contribution in [2.75, 3.05) is 0 Å². The van der Waals surface area contributed by atoms with Crippen molar-refractivity contribution in [2.45, 2.75) is 6.54 Å². The third-order valence-electron chi connectivity index (χ3n) is 2.04. The Morgan fingerprint density at radius 1 is 1.33 bits per heavy atom. The second kappa shape index (κ2) is 3.56. The highest BCUT2D eigenvalue weighted by atomic mass is 16.4. The SMILES string of the molecule is Cn1ccnc1-c1nccn1CC(=O)O. The number of carboxylic acids is 1. The van der Waals surface area contributed by atoms with Crippen molar-refractivity contribution in [2.24, 2.45) is 7.05 Å². The first kappa shape index (κ1) is 9.45. The molecule has 15 heavy (non-hydrogen) atoms. The summed E-state index contributed by atoms with van der Waals surface area (Å²) in [5.74, 6) is 0.314. The second-order valence-corrected chi connectivity index (χ2v) is 3.13. The summed E-state index contributed by atoms with van der Waals surface area (Å²) in [5.41, 5.74) is 0. The van der Waals surface area contributed by atoms with Crippen LogP contribution in [0.5, 0.6) is 0 Å². The smallest absolute Gasteiger partial charge is 0.323 e. The Hall–Kier alpha value is -2.11. The zero-order valence-electron chi connectivity index (χ0n) is 8.16.